The molecule has 0 saturated heterocycles. The number of aromatic nitrogens is 1. The maximum Gasteiger partial charge on any atom is 0.252 e. The number of amidine groups is 1. The van der Waals surface area contributed by atoms with Gasteiger partial charge in [-0.1, -0.05) is 11.8 Å². The lowest BCUT2D eigenvalue weighted by molar-refractivity contribution is 0.0962. The average Bonchev–Trinajstić information content (AvgIpc) is 2.25. The highest BCUT2D eigenvalue weighted by Crippen LogP contribution is 2.13. The molecule has 0 fully saturated rings. The van der Waals surface area contributed by atoms with E-state index in [-0.39, 0.29) is 11.1 Å². The number of thioether (sulfide) groups is 1. The average molecular weight is 224 g/mol. The summed E-state index contributed by atoms with van der Waals surface area (Å²) in [5, 5.41) is 9.63. The number of pyridine rings is 1. The van der Waals surface area contributed by atoms with E-state index in [1.165, 1.54) is 0 Å². The van der Waals surface area contributed by atoms with Crippen molar-refractivity contribution in [3.63, 3.8) is 0 Å². The zero-order valence-corrected chi connectivity index (χ0v) is 9.10. The smallest absolute Gasteiger partial charge is 0.252 e. The van der Waals surface area contributed by atoms with Crippen molar-refractivity contribution in [1.29, 1.82) is 5.41 Å². The predicted molar refractivity (Wildman–Crippen MR) is 60.8 cm³/mol. The van der Waals surface area contributed by atoms with Gasteiger partial charge in [0.25, 0.3) is 5.91 Å². The fourth-order valence-corrected chi connectivity index (χ4v) is 1.56. The van der Waals surface area contributed by atoms with Crippen LogP contribution in [0.4, 0.5) is 0 Å². The van der Waals surface area contributed by atoms with Gasteiger partial charge in [-0.3, -0.25) is 15.2 Å². The van der Waals surface area contributed by atoms with E-state index in [4.69, 9.17) is 11.1 Å². The molecule has 1 aromatic rings. The molecule has 5 nitrogen and oxygen atoms in total. The molecule has 0 aromatic carbocycles. The summed E-state index contributed by atoms with van der Waals surface area (Å²) in [6.07, 6.45) is 1.61. The minimum atomic E-state index is -0.178. The molecule has 80 valence electrons. The lowest BCUT2D eigenvalue weighted by Crippen LogP contribution is -2.20. The summed E-state index contributed by atoms with van der Waals surface area (Å²) in [6, 6.07) is 3.40. The van der Waals surface area contributed by atoms with E-state index < -0.39 is 0 Å². The van der Waals surface area contributed by atoms with Crippen molar-refractivity contribution in [1.82, 2.24) is 10.3 Å². The first-order valence-corrected chi connectivity index (χ1v) is 5.26. The second-order valence-corrected chi connectivity index (χ2v) is 3.75. The number of nitrogens with two attached hydrogens (primary N) is 1. The summed E-state index contributed by atoms with van der Waals surface area (Å²) < 4.78 is 0. The largest absolute Gasteiger partial charge is 0.379 e. The molecule has 0 aliphatic carbocycles. The van der Waals surface area contributed by atoms with Crippen LogP contribution in [0.15, 0.2) is 18.3 Å². The molecule has 1 amide bonds. The molecule has 0 radical (unpaired) electrons. The maximum atomic E-state index is 11.4. The van der Waals surface area contributed by atoms with Gasteiger partial charge in [-0.05, 0) is 12.1 Å². The first kappa shape index (κ1) is 11.5. The topological polar surface area (TPSA) is 91.9 Å². The molecule has 0 aliphatic heterocycles. The first-order valence-electron chi connectivity index (χ1n) is 4.28. The minimum absolute atomic E-state index is 0.0171. The zero-order chi connectivity index (χ0) is 11.3. The number of hydrogen-bond acceptors (Lipinski definition) is 4. The van der Waals surface area contributed by atoms with Crippen LogP contribution in [0.1, 0.15) is 16.1 Å². The van der Waals surface area contributed by atoms with Gasteiger partial charge < -0.3 is 11.1 Å². The van der Waals surface area contributed by atoms with Gasteiger partial charge in [-0.25, -0.2) is 0 Å². The Hall–Kier alpha value is -1.56. The third-order valence-electron chi connectivity index (χ3n) is 1.73. The van der Waals surface area contributed by atoms with E-state index in [1.807, 2.05) is 0 Å². The standard InChI is InChI=1S/C9H12N4OS/c1-12-8(14)6-3-2-4-13-7(6)5-15-9(10)11/h2-4H,5H2,1H3,(H3,10,11)(H,12,14). The Morgan fingerprint density at radius 1 is 1.73 bits per heavy atom. The van der Waals surface area contributed by atoms with Gasteiger partial charge in [0.1, 0.15) is 0 Å². The van der Waals surface area contributed by atoms with Crippen molar-refractivity contribution in [3.05, 3.63) is 29.6 Å². The third-order valence-corrected chi connectivity index (χ3v) is 2.46. The Kier molecular flexibility index (Phi) is 4.11. The molecule has 4 N–H and O–H groups in total. The van der Waals surface area contributed by atoms with Crippen molar-refractivity contribution in [2.24, 2.45) is 5.73 Å². The second kappa shape index (κ2) is 5.35. The Balaban J connectivity index is 2.86. The summed E-state index contributed by atoms with van der Waals surface area (Å²) >= 11 is 1.15. The van der Waals surface area contributed by atoms with E-state index in [9.17, 15) is 4.79 Å². The van der Waals surface area contributed by atoms with Crippen LogP contribution in [0.3, 0.4) is 0 Å². The van der Waals surface area contributed by atoms with Crippen LogP contribution in [-0.2, 0) is 5.75 Å². The van der Waals surface area contributed by atoms with E-state index in [0.29, 0.717) is 17.0 Å². The number of carbonyl (C=O) groups excluding carboxylic acids is 1. The van der Waals surface area contributed by atoms with Crippen LogP contribution in [-0.4, -0.2) is 23.1 Å². The van der Waals surface area contributed by atoms with E-state index in [0.717, 1.165) is 11.8 Å². The van der Waals surface area contributed by atoms with Gasteiger partial charge in [-0.2, -0.15) is 0 Å². The first-order chi connectivity index (χ1) is 7.15. The highest BCUT2D eigenvalue weighted by atomic mass is 32.2. The molecule has 0 unspecified atom stereocenters. The van der Waals surface area contributed by atoms with Crippen LogP contribution in [0, 0.1) is 5.41 Å². The van der Waals surface area contributed by atoms with E-state index >= 15 is 0 Å². The van der Waals surface area contributed by atoms with Crippen molar-refractivity contribution in [2.45, 2.75) is 5.75 Å². The van der Waals surface area contributed by atoms with Gasteiger partial charge in [0.05, 0.1) is 11.3 Å². The molecule has 6 heteroatoms. The van der Waals surface area contributed by atoms with Gasteiger partial charge >= 0.3 is 0 Å². The van der Waals surface area contributed by atoms with Crippen LogP contribution >= 0.6 is 11.8 Å². The monoisotopic (exact) mass is 224 g/mol. The molecule has 0 aliphatic rings. The predicted octanol–water partition coefficient (Wildman–Crippen LogP) is 0.568. The summed E-state index contributed by atoms with van der Waals surface area (Å²) in [5.41, 5.74) is 6.38. The second-order valence-electron chi connectivity index (χ2n) is 2.73. The number of hydrogen-bond donors (Lipinski definition) is 3. The summed E-state index contributed by atoms with van der Waals surface area (Å²) in [7, 11) is 1.57. The lowest BCUT2D eigenvalue weighted by atomic mass is 10.2. The summed E-state index contributed by atoms with van der Waals surface area (Å²) in [4.78, 5) is 15.5. The maximum absolute atomic E-state index is 11.4. The molecule has 1 aromatic heterocycles. The number of nitrogens with zero attached hydrogens (tertiary/aromatic N) is 1. The Morgan fingerprint density at radius 2 is 2.47 bits per heavy atom. The number of amides is 1. The molecule has 0 bridgehead atoms. The Morgan fingerprint density at radius 3 is 3.07 bits per heavy atom. The zero-order valence-electron chi connectivity index (χ0n) is 8.28. The molecule has 1 rings (SSSR count). The SMILES string of the molecule is CNC(=O)c1cccnc1CSC(=N)N. The Labute approximate surface area is 92.0 Å². The van der Waals surface area contributed by atoms with Gasteiger partial charge in [-0.15, -0.1) is 0 Å². The number of rotatable bonds is 3. The summed E-state index contributed by atoms with van der Waals surface area (Å²) in [6.45, 7) is 0. The van der Waals surface area contributed by atoms with E-state index in [2.05, 4.69) is 10.3 Å². The highest BCUT2D eigenvalue weighted by molar-refractivity contribution is 8.13. The molecule has 1 heterocycles. The van der Waals surface area contributed by atoms with Crippen LogP contribution < -0.4 is 11.1 Å². The van der Waals surface area contributed by atoms with Crippen LogP contribution in [0.25, 0.3) is 0 Å². The van der Waals surface area contributed by atoms with Crippen molar-refractivity contribution < 1.29 is 4.79 Å². The van der Waals surface area contributed by atoms with Gasteiger partial charge in [0.15, 0.2) is 5.17 Å². The number of carbonyl (C=O) groups is 1. The highest BCUT2D eigenvalue weighted by Gasteiger charge is 2.10. The van der Waals surface area contributed by atoms with Gasteiger partial charge in [0, 0.05) is 19.0 Å². The molecule has 0 saturated carbocycles. The molecule has 15 heavy (non-hydrogen) atoms. The summed E-state index contributed by atoms with van der Waals surface area (Å²) in [5.74, 6) is 0.251. The Bertz CT molecular complexity index is 380. The number of nitrogens with one attached hydrogen (secondary N) is 2. The normalized spacial score (nSPS) is 9.67. The van der Waals surface area contributed by atoms with Crippen molar-refractivity contribution in [2.75, 3.05) is 7.05 Å². The minimum Gasteiger partial charge on any atom is -0.379 e. The molecular weight excluding hydrogens is 212 g/mol. The third kappa shape index (κ3) is 3.25. The molecule has 0 atom stereocenters. The lowest BCUT2D eigenvalue weighted by Gasteiger charge is -2.05. The fraction of sp³-hybridized carbons (Fsp3) is 0.222. The van der Waals surface area contributed by atoms with Crippen LogP contribution in [0.2, 0.25) is 0 Å². The van der Waals surface area contributed by atoms with Gasteiger partial charge in [0.2, 0.25) is 0 Å². The molecular formula is C9H12N4OS. The molecule has 0 spiro atoms. The van der Waals surface area contributed by atoms with Crippen molar-refractivity contribution >= 4 is 22.8 Å². The van der Waals surface area contributed by atoms with E-state index in [1.54, 1.807) is 25.4 Å². The van der Waals surface area contributed by atoms with Crippen LogP contribution in [0.5, 0.6) is 0 Å². The quantitative estimate of drug-likeness (QED) is 0.517. The van der Waals surface area contributed by atoms with Crippen molar-refractivity contribution in [3.8, 4) is 0 Å². The fourth-order valence-electron chi connectivity index (χ4n) is 1.04.